The van der Waals surface area contributed by atoms with Crippen molar-refractivity contribution in [1.82, 2.24) is 4.98 Å². The number of anilines is 1. The highest BCUT2D eigenvalue weighted by molar-refractivity contribution is 5.54. The molecule has 0 aliphatic heterocycles. The summed E-state index contributed by atoms with van der Waals surface area (Å²) in [6.45, 7) is 0. The van der Waals surface area contributed by atoms with Gasteiger partial charge in [0.1, 0.15) is 29.3 Å². The number of nitrogen functional groups attached to an aromatic ring is 1. The van der Waals surface area contributed by atoms with Gasteiger partial charge in [0.2, 0.25) is 0 Å². The zero-order chi connectivity index (χ0) is 13.0. The average molecular weight is 236 g/mol. The van der Waals surface area contributed by atoms with Gasteiger partial charge in [-0.05, 0) is 30.3 Å². The number of nitrogens with zero attached hydrogens (tertiary/aromatic N) is 3. The summed E-state index contributed by atoms with van der Waals surface area (Å²) in [6.07, 6.45) is 1.43. The summed E-state index contributed by atoms with van der Waals surface area (Å²) >= 11 is 0. The van der Waals surface area contributed by atoms with Crippen LogP contribution in [0.5, 0.6) is 11.5 Å². The van der Waals surface area contributed by atoms with Crippen molar-refractivity contribution in [2.75, 3.05) is 5.73 Å². The van der Waals surface area contributed by atoms with Crippen molar-refractivity contribution in [3.8, 4) is 23.6 Å². The first-order valence-electron chi connectivity index (χ1n) is 5.06. The number of hydrogen-bond acceptors (Lipinski definition) is 5. The fraction of sp³-hybridized carbons (Fsp3) is 0. The van der Waals surface area contributed by atoms with E-state index in [-0.39, 0.29) is 0 Å². The molecule has 0 bridgehead atoms. The summed E-state index contributed by atoms with van der Waals surface area (Å²) in [5, 5.41) is 17.6. The third kappa shape index (κ3) is 2.37. The first-order chi connectivity index (χ1) is 8.72. The van der Waals surface area contributed by atoms with E-state index < -0.39 is 0 Å². The molecule has 18 heavy (non-hydrogen) atoms. The van der Waals surface area contributed by atoms with Crippen LogP contribution in [-0.2, 0) is 0 Å². The molecule has 0 amide bonds. The molecule has 0 aliphatic carbocycles. The minimum Gasteiger partial charge on any atom is -0.454 e. The van der Waals surface area contributed by atoms with Crippen LogP contribution >= 0.6 is 0 Å². The van der Waals surface area contributed by atoms with Gasteiger partial charge in [-0.25, -0.2) is 4.98 Å². The predicted molar refractivity (Wildman–Crippen MR) is 64.6 cm³/mol. The van der Waals surface area contributed by atoms with Crippen LogP contribution < -0.4 is 10.5 Å². The maximum atomic E-state index is 8.96. The number of nitrogens with two attached hydrogens (primary N) is 1. The molecule has 0 spiro atoms. The van der Waals surface area contributed by atoms with Gasteiger partial charge in [0.05, 0.1) is 11.8 Å². The second kappa shape index (κ2) is 4.86. The monoisotopic (exact) mass is 236 g/mol. The van der Waals surface area contributed by atoms with Gasteiger partial charge in [0.25, 0.3) is 0 Å². The number of pyridine rings is 1. The van der Waals surface area contributed by atoms with Crippen molar-refractivity contribution in [1.29, 1.82) is 10.5 Å². The van der Waals surface area contributed by atoms with Crippen LogP contribution in [0.4, 0.5) is 5.69 Å². The van der Waals surface area contributed by atoms with Gasteiger partial charge in [-0.1, -0.05) is 0 Å². The van der Waals surface area contributed by atoms with E-state index in [0.29, 0.717) is 28.4 Å². The van der Waals surface area contributed by atoms with Gasteiger partial charge in [-0.15, -0.1) is 0 Å². The van der Waals surface area contributed by atoms with Crippen molar-refractivity contribution >= 4 is 5.69 Å². The molecular formula is C13H8N4O. The van der Waals surface area contributed by atoms with E-state index in [1.807, 2.05) is 12.1 Å². The van der Waals surface area contributed by atoms with E-state index in [4.69, 9.17) is 21.0 Å². The Hall–Kier alpha value is -3.05. The molecule has 1 heterocycles. The quantitative estimate of drug-likeness (QED) is 0.806. The molecule has 5 nitrogen and oxygen atoms in total. The topological polar surface area (TPSA) is 95.7 Å². The smallest absolute Gasteiger partial charge is 0.145 e. The standard InChI is InChI=1S/C13H8N4O/c14-6-9-5-10(16)1-4-13(9)18-12-3-2-11(7-15)17-8-12/h1-5,8H,16H2. The van der Waals surface area contributed by atoms with Crippen LogP contribution in [0, 0.1) is 22.7 Å². The van der Waals surface area contributed by atoms with E-state index in [2.05, 4.69) is 4.98 Å². The van der Waals surface area contributed by atoms with Crippen LogP contribution in [0.2, 0.25) is 0 Å². The summed E-state index contributed by atoms with van der Waals surface area (Å²) in [6, 6.07) is 11.9. The average Bonchev–Trinajstić information content (AvgIpc) is 2.41. The van der Waals surface area contributed by atoms with E-state index in [1.165, 1.54) is 12.3 Å². The fourth-order valence-electron chi connectivity index (χ4n) is 1.36. The fourth-order valence-corrected chi connectivity index (χ4v) is 1.36. The Bertz CT molecular complexity index is 650. The summed E-state index contributed by atoms with van der Waals surface area (Å²) in [5.74, 6) is 0.855. The van der Waals surface area contributed by atoms with Crippen molar-refractivity contribution in [3.63, 3.8) is 0 Å². The molecule has 2 rings (SSSR count). The normalized spacial score (nSPS) is 9.22. The first-order valence-corrected chi connectivity index (χ1v) is 5.06. The van der Waals surface area contributed by atoms with Crippen LogP contribution in [0.3, 0.4) is 0 Å². The van der Waals surface area contributed by atoms with Crippen molar-refractivity contribution < 1.29 is 4.74 Å². The number of nitriles is 2. The summed E-state index contributed by atoms with van der Waals surface area (Å²) in [4.78, 5) is 3.87. The largest absolute Gasteiger partial charge is 0.454 e. The maximum absolute atomic E-state index is 8.96. The zero-order valence-corrected chi connectivity index (χ0v) is 9.29. The summed E-state index contributed by atoms with van der Waals surface area (Å²) in [7, 11) is 0. The highest BCUT2D eigenvalue weighted by Crippen LogP contribution is 2.26. The lowest BCUT2D eigenvalue weighted by molar-refractivity contribution is 0.478. The van der Waals surface area contributed by atoms with Crippen LogP contribution in [0.25, 0.3) is 0 Å². The van der Waals surface area contributed by atoms with Crippen LogP contribution in [0.15, 0.2) is 36.5 Å². The lowest BCUT2D eigenvalue weighted by atomic mass is 10.2. The van der Waals surface area contributed by atoms with E-state index in [9.17, 15) is 0 Å². The molecule has 86 valence electrons. The Labute approximate surface area is 104 Å². The predicted octanol–water partition coefficient (Wildman–Crippen LogP) is 2.20. The van der Waals surface area contributed by atoms with Gasteiger partial charge in [-0.3, -0.25) is 0 Å². The Kier molecular flexibility index (Phi) is 3.08. The summed E-state index contributed by atoms with van der Waals surface area (Å²) < 4.78 is 5.50. The Balaban J connectivity index is 2.29. The first kappa shape index (κ1) is 11.4. The van der Waals surface area contributed by atoms with E-state index in [0.717, 1.165) is 0 Å². The molecule has 1 aromatic carbocycles. The van der Waals surface area contributed by atoms with Gasteiger partial charge in [0, 0.05) is 5.69 Å². The van der Waals surface area contributed by atoms with Gasteiger partial charge in [-0.2, -0.15) is 10.5 Å². The van der Waals surface area contributed by atoms with E-state index >= 15 is 0 Å². The number of aromatic nitrogens is 1. The molecule has 0 saturated carbocycles. The van der Waals surface area contributed by atoms with Crippen molar-refractivity contribution in [2.24, 2.45) is 0 Å². The number of ether oxygens (including phenoxy) is 1. The highest BCUT2D eigenvalue weighted by Gasteiger charge is 2.05. The Morgan fingerprint density at radius 2 is 1.94 bits per heavy atom. The Morgan fingerprint density at radius 3 is 2.56 bits per heavy atom. The molecule has 0 fully saturated rings. The lowest BCUT2D eigenvalue weighted by Gasteiger charge is -2.07. The number of rotatable bonds is 2. The Morgan fingerprint density at radius 1 is 1.11 bits per heavy atom. The number of benzene rings is 1. The molecule has 0 aliphatic rings. The van der Waals surface area contributed by atoms with Crippen LogP contribution in [-0.4, -0.2) is 4.98 Å². The SMILES string of the molecule is N#Cc1ccc(Oc2ccc(N)cc2C#N)cn1. The van der Waals surface area contributed by atoms with E-state index in [1.54, 1.807) is 24.3 Å². The summed E-state index contributed by atoms with van der Waals surface area (Å²) in [5.41, 5.74) is 6.73. The molecular weight excluding hydrogens is 228 g/mol. The molecule has 1 aromatic heterocycles. The maximum Gasteiger partial charge on any atom is 0.145 e. The third-order valence-corrected chi connectivity index (χ3v) is 2.20. The molecule has 2 N–H and O–H groups in total. The minimum atomic E-state index is 0.306. The molecule has 5 heteroatoms. The molecule has 0 saturated heterocycles. The molecule has 0 unspecified atom stereocenters. The third-order valence-electron chi connectivity index (χ3n) is 2.20. The number of hydrogen-bond donors (Lipinski definition) is 1. The van der Waals surface area contributed by atoms with Gasteiger partial charge < -0.3 is 10.5 Å². The minimum absolute atomic E-state index is 0.306. The van der Waals surface area contributed by atoms with Gasteiger partial charge >= 0.3 is 0 Å². The van der Waals surface area contributed by atoms with Crippen LogP contribution in [0.1, 0.15) is 11.3 Å². The van der Waals surface area contributed by atoms with Crippen molar-refractivity contribution in [3.05, 3.63) is 47.8 Å². The van der Waals surface area contributed by atoms with Gasteiger partial charge in [0.15, 0.2) is 0 Å². The second-order valence-electron chi connectivity index (χ2n) is 3.46. The lowest BCUT2D eigenvalue weighted by Crippen LogP contribution is -1.92. The van der Waals surface area contributed by atoms with Crippen molar-refractivity contribution in [2.45, 2.75) is 0 Å². The zero-order valence-electron chi connectivity index (χ0n) is 9.29. The second-order valence-corrected chi connectivity index (χ2v) is 3.46. The molecule has 0 atom stereocenters. The molecule has 2 aromatic rings. The molecule has 0 radical (unpaired) electrons. The highest BCUT2D eigenvalue weighted by atomic mass is 16.5.